The maximum absolute atomic E-state index is 13.0. The molecule has 0 bridgehead atoms. The SMILES string of the molecule is O=C(O)C1CCN(C(=O)C2CCC(C(F)F)CC2)c2ccccc2C1. The zero-order valence-electron chi connectivity index (χ0n) is 14.0. The number of hydrogen-bond acceptors (Lipinski definition) is 2. The van der Waals surface area contributed by atoms with Gasteiger partial charge in [-0.25, -0.2) is 8.78 Å². The zero-order valence-corrected chi connectivity index (χ0v) is 14.0. The van der Waals surface area contributed by atoms with E-state index in [4.69, 9.17) is 0 Å². The van der Waals surface area contributed by atoms with E-state index in [0.29, 0.717) is 45.1 Å². The quantitative estimate of drug-likeness (QED) is 0.902. The van der Waals surface area contributed by atoms with E-state index in [9.17, 15) is 23.5 Å². The van der Waals surface area contributed by atoms with Crippen molar-refractivity contribution in [3.05, 3.63) is 29.8 Å². The van der Waals surface area contributed by atoms with Crippen LogP contribution in [0.2, 0.25) is 0 Å². The summed E-state index contributed by atoms with van der Waals surface area (Å²) in [5.41, 5.74) is 1.63. The third-order valence-corrected chi connectivity index (χ3v) is 5.54. The van der Waals surface area contributed by atoms with Crippen LogP contribution in [0, 0.1) is 17.8 Å². The van der Waals surface area contributed by atoms with Crippen LogP contribution in [0.5, 0.6) is 0 Å². The second kappa shape index (κ2) is 7.50. The van der Waals surface area contributed by atoms with Crippen LogP contribution < -0.4 is 4.90 Å². The minimum atomic E-state index is -2.31. The van der Waals surface area contributed by atoms with Crippen molar-refractivity contribution in [3.8, 4) is 0 Å². The zero-order chi connectivity index (χ0) is 18.0. The Kier molecular flexibility index (Phi) is 5.35. The van der Waals surface area contributed by atoms with Gasteiger partial charge in [0, 0.05) is 24.1 Å². The Morgan fingerprint density at radius 1 is 1.04 bits per heavy atom. The van der Waals surface area contributed by atoms with Gasteiger partial charge in [0.2, 0.25) is 12.3 Å². The first-order valence-corrected chi connectivity index (χ1v) is 8.87. The summed E-state index contributed by atoms with van der Waals surface area (Å²) in [6.45, 7) is 0.363. The molecule has 136 valence electrons. The first-order valence-electron chi connectivity index (χ1n) is 8.87. The number of carboxylic acids is 1. The molecule has 6 heteroatoms. The Morgan fingerprint density at radius 3 is 2.36 bits per heavy atom. The van der Waals surface area contributed by atoms with Crippen molar-refractivity contribution in [2.24, 2.45) is 17.8 Å². The average molecular weight is 351 g/mol. The fourth-order valence-corrected chi connectivity index (χ4v) is 4.00. The Bertz CT molecular complexity index is 641. The largest absolute Gasteiger partial charge is 0.481 e. The highest BCUT2D eigenvalue weighted by Crippen LogP contribution is 2.36. The molecule has 1 atom stereocenters. The maximum atomic E-state index is 13.0. The summed E-state index contributed by atoms with van der Waals surface area (Å²) in [5, 5.41) is 9.37. The van der Waals surface area contributed by atoms with Gasteiger partial charge in [0.1, 0.15) is 0 Å². The first-order chi connectivity index (χ1) is 12.0. The van der Waals surface area contributed by atoms with Crippen LogP contribution in [-0.2, 0) is 16.0 Å². The van der Waals surface area contributed by atoms with Gasteiger partial charge in [-0.1, -0.05) is 18.2 Å². The molecular weight excluding hydrogens is 328 g/mol. The van der Waals surface area contributed by atoms with Gasteiger partial charge >= 0.3 is 5.97 Å². The lowest BCUT2D eigenvalue weighted by atomic mass is 9.81. The average Bonchev–Trinajstić information content (AvgIpc) is 2.81. The molecule has 1 aromatic rings. The van der Waals surface area contributed by atoms with Gasteiger partial charge in [-0.15, -0.1) is 0 Å². The molecule has 1 aliphatic carbocycles. The molecule has 1 fully saturated rings. The van der Waals surface area contributed by atoms with Crippen LogP contribution in [0.1, 0.15) is 37.7 Å². The fourth-order valence-electron chi connectivity index (χ4n) is 4.00. The number of carboxylic acid groups (broad SMARTS) is 1. The standard InChI is InChI=1S/C19H23F2NO3/c20-17(21)12-5-7-13(8-6-12)18(23)22-10-9-15(19(24)25)11-14-3-1-2-4-16(14)22/h1-4,12-13,15,17H,5-11H2,(H,24,25). The van der Waals surface area contributed by atoms with E-state index in [-0.39, 0.29) is 11.8 Å². The number of amides is 1. The molecule has 1 unspecified atom stereocenters. The Morgan fingerprint density at radius 2 is 1.72 bits per heavy atom. The Balaban J connectivity index is 1.77. The Labute approximate surface area is 145 Å². The molecule has 3 rings (SSSR count). The Hall–Kier alpha value is -1.98. The van der Waals surface area contributed by atoms with Gasteiger partial charge in [-0.2, -0.15) is 0 Å². The molecule has 4 nitrogen and oxygen atoms in total. The molecule has 0 saturated heterocycles. The maximum Gasteiger partial charge on any atom is 0.306 e. The summed E-state index contributed by atoms with van der Waals surface area (Å²) in [5.74, 6) is -2.25. The van der Waals surface area contributed by atoms with Crippen molar-refractivity contribution < 1.29 is 23.5 Å². The molecular formula is C19H23F2NO3. The lowest BCUT2D eigenvalue weighted by molar-refractivity contribution is -0.142. The summed E-state index contributed by atoms with van der Waals surface area (Å²) in [6, 6.07) is 7.40. The van der Waals surface area contributed by atoms with Crippen LogP contribution in [0.3, 0.4) is 0 Å². The first kappa shape index (κ1) is 17.8. The highest BCUT2D eigenvalue weighted by Gasteiger charge is 2.35. The topological polar surface area (TPSA) is 57.6 Å². The van der Waals surface area contributed by atoms with Gasteiger partial charge in [-0.05, 0) is 50.2 Å². The molecule has 1 amide bonds. The molecule has 1 aromatic carbocycles. The molecule has 1 saturated carbocycles. The molecule has 2 aliphatic rings. The van der Waals surface area contributed by atoms with E-state index >= 15 is 0 Å². The third kappa shape index (κ3) is 3.83. The van der Waals surface area contributed by atoms with E-state index in [1.165, 1.54) is 0 Å². The number of aliphatic carboxylic acids is 1. The van der Waals surface area contributed by atoms with Gasteiger partial charge in [0.05, 0.1) is 5.92 Å². The van der Waals surface area contributed by atoms with Crippen LogP contribution in [-0.4, -0.2) is 30.0 Å². The third-order valence-electron chi connectivity index (χ3n) is 5.54. The van der Waals surface area contributed by atoms with E-state index in [2.05, 4.69) is 0 Å². The predicted octanol–water partition coefficient (Wildman–Crippen LogP) is 3.74. The van der Waals surface area contributed by atoms with E-state index in [0.717, 1.165) is 11.3 Å². The minimum Gasteiger partial charge on any atom is -0.481 e. The molecule has 0 radical (unpaired) electrons. The van der Waals surface area contributed by atoms with Crippen LogP contribution in [0.25, 0.3) is 0 Å². The summed E-state index contributed by atoms with van der Waals surface area (Å²) >= 11 is 0. The van der Waals surface area contributed by atoms with Gasteiger partial charge in [-0.3, -0.25) is 9.59 Å². The number of para-hydroxylation sites is 1. The number of fused-ring (bicyclic) bond motifs is 1. The summed E-state index contributed by atoms with van der Waals surface area (Å²) in [4.78, 5) is 26.1. The second-order valence-corrected chi connectivity index (χ2v) is 7.09. The smallest absolute Gasteiger partial charge is 0.306 e. The highest BCUT2D eigenvalue weighted by atomic mass is 19.3. The number of anilines is 1. The molecule has 1 heterocycles. The number of benzene rings is 1. The minimum absolute atomic E-state index is 0.0498. The van der Waals surface area contributed by atoms with Crippen molar-refractivity contribution in [3.63, 3.8) is 0 Å². The number of halogens is 2. The van der Waals surface area contributed by atoms with Crippen molar-refractivity contribution in [2.75, 3.05) is 11.4 Å². The van der Waals surface area contributed by atoms with E-state index in [1.807, 2.05) is 24.3 Å². The molecule has 0 spiro atoms. The lowest BCUT2D eigenvalue weighted by Gasteiger charge is -2.32. The van der Waals surface area contributed by atoms with Crippen molar-refractivity contribution >= 4 is 17.6 Å². The van der Waals surface area contributed by atoms with Crippen molar-refractivity contribution in [1.29, 1.82) is 0 Å². The van der Waals surface area contributed by atoms with Crippen molar-refractivity contribution in [2.45, 2.75) is 45.0 Å². The summed E-state index contributed by atoms with van der Waals surface area (Å²) < 4.78 is 25.6. The predicted molar refractivity (Wildman–Crippen MR) is 89.7 cm³/mol. The number of rotatable bonds is 3. The fraction of sp³-hybridized carbons (Fsp3) is 0.579. The van der Waals surface area contributed by atoms with Crippen molar-refractivity contribution in [1.82, 2.24) is 0 Å². The summed E-state index contributed by atoms with van der Waals surface area (Å²) in [7, 11) is 0. The number of carbonyl (C=O) groups excluding carboxylic acids is 1. The molecule has 1 N–H and O–H groups in total. The normalized spacial score (nSPS) is 26.8. The molecule has 25 heavy (non-hydrogen) atoms. The number of alkyl halides is 2. The molecule has 1 aliphatic heterocycles. The van der Waals surface area contributed by atoms with Gasteiger partial charge in [0.25, 0.3) is 0 Å². The number of hydrogen-bond donors (Lipinski definition) is 1. The van der Waals surface area contributed by atoms with Gasteiger partial charge < -0.3 is 10.0 Å². The lowest BCUT2D eigenvalue weighted by Crippen LogP contribution is -2.39. The van der Waals surface area contributed by atoms with Crippen LogP contribution in [0.15, 0.2) is 24.3 Å². The summed E-state index contributed by atoms with van der Waals surface area (Å²) in [6.07, 6.45) is 0.216. The number of carbonyl (C=O) groups is 2. The molecule has 0 aromatic heterocycles. The number of nitrogens with zero attached hydrogens (tertiary/aromatic N) is 1. The second-order valence-electron chi connectivity index (χ2n) is 7.09. The highest BCUT2D eigenvalue weighted by molar-refractivity contribution is 5.96. The van der Waals surface area contributed by atoms with E-state index < -0.39 is 24.2 Å². The van der Waals surface area contributed by atoms with Gasteiger partial charge in [0.15, 0.2) is 0 Å². The van der Waals surface area contributed by atoms with Crippen LogP contribution >= 0.6 is 0 Å². The van der Waals surface area contributed by atoms with Crippen LogP contribution in [0.4, 0.5) is 14.5 Å². The van der Waals surface area contributed by atoms with E-state index in [1.54, 1.807) is 4.90 Å². The monoisotopic (exact) mass is 351 g/mol.